The molecule has 1 aromatic rings. The normalized spacial score (nSPS) is 14.8. The molecule has 0 saturated carbocycles. The summed E-state index contributed by atoms with van der Waals surface area (Å²) in [6.07, 6.45) is 1.89. The second-order valence-electron chi connectivity index (χ2n) is 2.37. The number of rotatable bonds is 0. The van der Waals surface area contributed by atoms with Gasteiger partial charge in [0.1, 0.15) is 0 Å². The summed E-state index contributed by atoms with van der Waals surface area (Å²) in [7, 11) is 2.01. The largest absolute Gasteiger partial charge is 0.300 e. The second kappa shape index (κ2) is 2.58. The van der Waals surface area contributed by atoms with Crippen LogP contribution >= 0.6 is 12.1 Å². The third-order valence-corrected chi connectivity index (χ3v) is 2.28. The summed E-state index contributed by atoms with van der Waals surface area (Å²) in [6, 6.07) is 8.21. The monoisotopic (exact) mass is 164 g/mol. The number of anilines is 1. The lowest BCUT2D eigenvalue weighted by Gasteiger charge is -2.19. The fourth-order valence-electron chi connectivity index (χ4n) is 1.08. The smallest absolute Gasteiger partial charge is 0.0927 e. The van der Waals surface area contributed by atoms with Crippen molar-refractivity contribution in [2.24, 2.45) is 4.40 Å². The lowest BCUT2D eigenvalue weighted by atomic mass is 10.2. The first-order valence-electron chi connectivity index (χ1n) is 3.41. The van der Waals surface area contributed by atoms with Gasteiger partial charge in [-0.1, -0.05) is 18.2 Å². The van der Waals surface area contributed by atoms with Crippen molar-refractivity contribution >= 4 is 24.0 Å². The first kappa shape index (κ1) is 6.73. The van der Waals surface area contributed by atoms with Crippen LogP contribution in [0.3, 0.4) is 0 Å². The summed E-state index contributed by atoms with van der Waals surface area (Å²) < 4.78 is 6.17. The minimum absolute atomic E-state index is 1.19. The van der Waals surface area contributed by atoms with Crippen LogP contribution in [0.25, 0.3) is 0 Å². The lowest BCUT2D eigenvalue weighted by molar-refractivity contribution is 1.34. The Morgan fingerprint density at radius 2 is 2.18 bits per heavy atom. The minimum Gasteiger partial charge on any atom is -0.300 e. The molecule has 0 aromatic heterocycles. The van der Waals surface area contributed by atoms with Gasteiger partial charge in [-0.05, 0) is 6.07 Å². The zero-order chi connectivity index (χ0) is 7.68. The van der Waals surface area contributed by atoms with Gasteiger partial charge in [0.2, 0.25) is 0 Å². The lowest BCUT2D eigenvalue weighted by Crippen LogP contribution is -2.10. The molecule has 0 saturated heterocycles. The fraction of sp³-hybridized carbons (Fsp3) is 0.125. The Hall–Kier alpha value is -0.960. The van der Waals surface area contributed by atoms with Crippen LogP contribution in [0.1, 0.15) is 5.56 Å². The molecule has 0 unspecified atom stereocenters. The Balaban J connectivity index is 2.54. The highest BCUT2D eigenvalue weighted by molar-refractivity contribution is 7.99. The van der Waals surface area contributed by atoms with E-state index in [2.05, 4.69) is 20.8 Å². The summed E-state index contributed by atoms with van der Waals surface area (Å²) in [5.41, 5.74) is 2.42. The highest BCUT2D eigenvalue weighted by Gasteiger charge is 2.08. The topological polar surface area (TPSA) is 15.6 Å². The molecule has 0 spiro atoms. The van der Waals surface area contributed by atoms with Crippen LogP contribution in [-0.2, 0) is 0 Å². The van der Waals surface area contributed by atoms with Crippen molar-refractivity contribution in [3.63, 3.8) is 0 Å². The van der Waals surface area contributed by atoms with Gasteiger partial charge in [-0.3, -0.25) is 4.31 Å². The Morgan fingerprint density at radius 1 is 1.36 bits per heavy atom. The Bertz CT molecular complexity index is 296. The molecule has 1 aliphatic heterocycles. The SMILES string of the molecule is CN1SN=Cc2ccccc21. The van der Waals surface area contributed by atoms with Crippen molar-refractivity contribution in [2.45, 2.75) is 0 Å². The van der Waals surface area contributed by atoms with E-state index in [0.29, 0.717) is 0 Å². The third kappa shape index (κ3) is 1.12. The maximum atomic E-state index is 4.12. The zero-order valence-electron chi connectivity index (χ0n) is 6.19. The Kier molecular flexibility index (Phi) is 1.58. The Morgan fingerprint density at radius 3 is 3.00 bits per heavy atom. The van der Waals surface area contributed by atoms with Crippen LogP contribution in [0.5, 0.6) is 0 Å². The van der Waals surface area contributed by atoms with E-state index in [-0.39, 0.29) is 0 Å². The van der Waals surface area contributed by atoms with Gasteiger partial charge < -0.3 is 0 Å². The van der Waals surface area contributed by atoms with Crippen molar-refractivity contribution < 1.29 is 0 Å². The molecule has 2 rings (SSSR count). The van der Waals surface area contributed by atoms with E-state index >= 15 is 0 Å². The predicted molar refractivity (Wildman–Crippen MR) is 50.0 cm³/mol. The fourth-order valence-corrected chi connectivity index (χ4v) is 1.63. The first-order chi connectivity index (χ1) is 5.38. The van der Waals surface area contributed by atoms with Gasteiger partial charge in [-0.25, -0.2) is 4.40 Å². The number of para-hydroxylation sites is 1. The van der Waals surface area contributed by atoms with Crippen molar-refractivity contribution in [1.29, 1.82) is 0 Å². The summed E-state index contributed by atoms with van der Waals surface area (Å²) in [5.74, 6) is 0. The van der Waals surface area contributed by atoms with Crippen LogP contribution in [-0.4, -0.2) is 13.3 Å². The molecule has 0 atom stereocenters. The summed E-state index contributed by atoms with van der Waals surface area (Å²) in [5, 5.41) is 0. The molecular weight excluding hydrogens is 156 g/mol. The zero-order valence-corrected chi connectivity index (χ0v) is 7.01. The molecule has 0 bridgehead atoms. The van der Waals surface area contributed by atoms with Crippen molar-refractivity contribution in [1.82, 2.24) is 0 Å². The molecule has 1 aliphatic rings. The van der Waals surface area contributed by atoms with Crippen LogP contribution in [0.4, 0.5) is 5.69 Å². The van der Waals surface area contributed by atoms with E-state index in [4.69, 9.17) is 0 Å². The van der Waals surface area contributed by atoms with Gasteiger partial charge in [0.05, 0.1) is 17.8 Å². The molecule has 0 fully saturated rings. The molecule has 1 aromatic carbocycles. The molecule has 0 N–H and O–H groups in total. The number of nitrogens with zero attached hydrogens (tertiary/aromatic N) is 2. The predicted octanol–water partition coefficient (Wildman–Crippen LogP) is 2.12. The molecular formula is C8H8N2S. The molecule has 56 valence electrons. The van der Waals surface area contributed by atoms with Gasteiger partial charge in [-0.15, -0.1) is 0 Å². The molecule has 0 radical (unpaired) electrons. The molecule has 0 aliphatic carbocycles. The van der Waals surface area contributed by atoms with Crippen LogP contribution in [0.15, 0.2) is 28.7 Å². The van der Waals surface area contributed by atoms with Gasteiger partial charge >= 0.3 is 0 Å². The van der Waals surface area contributed by atoms with Crippen molar-refractivity contribution in [3.05, 3.63) is 29.8 Å². The summed E-state index contributed by atoms with van der Waals surface area (Å²) >= 11 is 1.46. The van der Waals surface area contributed by atoms with Crippen LogP contribution in [0, 0.1) is 0 Å². The second-order valence-corrected chi connectivity index (χ2v) is 3.29. The van der Waals surface area contributed by atoms with Gasteiger partial charge in [0.15, 0.2) is 0 Å². The van der Waals surface area contributed by atoms with E-state index in [1.165, 1.54) is 23.4 Å². The highest BCUT2D eigenvalue weighted by atomic mass is 32.2. The van der Waals surface area contributed by atoms with E-state index in [1.807, 2.05) is 25.4 Å². The standard InChI is InChI=1S/C8H8N2S/c1-10-8-5-3-2-4-7(8)6-9-11-10/h2-6H,1H3. The molecule has 0 amide bonds. The van der Waals surface area contributed by atoms with E-state index in [0.717, 1.165) is 0 Å². The molecule has 3 heteroatoms. The quantitative estimate of drug-likeness (QED) is 0.546. The van der Waals surface area contributed by atoms with Crippen molar-refractivity contribution in [2.75, 3.05) is 11.4 Å². The average Bonchev–Trinajstić information content (AvgIpc) is 2.06. The summed E-state index contributed by atoms with van der Waals surface area (Å²) in [4.78, 5) is 0. The molecule has 2 nitrogen and oxygen atoms in total. The number of fused-ring (bicyclic) bond motifs is 1. The van der Waals surface area contributed by atoms with Crippen molar-refractivity contribution in [3.8, 4) is 0 Å². The number of hydrogen-bond acceptors (Lipinski definition) is 3. The Labute approximate surface area is 70.2 Å². The molecule has 1 heterocycles. The maximum absolute atomic E-state index is 4.12. The van der Waals surface area contributed by atoms with E-state index in [9.17, 15) is 0 Å². The maximum Gasteiger partial charge on any atom is 0.0927 e. The first-order valence-corrected chi connectivity index (χ1v) is 4.14. The van der Waals surface area contributed by atoms with Gasteiger partial charge in [-0.2, -0.15) is 0 Å². The van der Waals surface area contributed by atoms with Gasteiger partial charge in [0.25, 0.3) is 0 Å². The van der Waals surface area contributed by atoms with E-state index < -0.39 is 0 Å². The minimum atomic E-state index is 1.19. The number of hydrogen-bond donors (Lipinski definition) is 0. The number of benzene rings is 1. The van der Waals surface area contributed by atoms with Crippen LogP contribution < -0.4 is 4.31 Å². The van der Waals surface area contributed by atoms with Gasteiger partial charge in [0, 0.05) is 18.8 Å². The average molecular weight is 164 g/mol. The van der Waals surface area contributed by atoms with E-state index in [1.54, 1.807) is 0 Å². The third-order valence-electron chi connectivity index (χ3n) is 1.64. The molecule has 11 heavy (non-hydrogen) atoms. The summed E-state index contributed by atoms with van der Waals surface area (Å²) in [6.45, 7) is 0. The van der Waals surface area contributed by atoms with Crippen LogP contribution in [0.2, 0.25) is 0 Å². The highest BCUT2D eigenvalue weighted by Crippen LogP contribution is 2.27.